The van der Waals surface area contributed by atoms with Crippen LogP contribution in [0.3, 0.4) is 0 Å². The Bertz CT molecular complexity index is 599. The van der Waals surface area contributed by atoms with Gasteiger partial charge in [0.15, 0.2) is 5.76 Å². The van der Waals surface area contributed by atoms with Crippen molar-refractivity contribution in [2.24, 2.45) is 0 Å². The summed E-state index contributed by atoms with van der Waals surface area (Å²) < 4.78 is 11.2. The molecule has 0 aliphatic heterocycles. The van der Waals surface area contributed by atoms with Gasteiger partial charge in [-0.1, -0.05) is 25.5 Å². The zero-order valence-electron chi connectivity index (χ0n) is 13.4. The van der Waals surface area contributed by atoms with Gasteiger partial charge < -0.3 is 14.5 Å². The highest BCUT2D eigenvalue weighted by Gasteiger charge is 2.12. The first-order valence-electron chi connectivity index (χ1n) is 7.69. The normalized spacial score (nSPS) is 10.7. The van der Waals surface area contributed by atoms with Crippen LogP contribution in [-0.4, -0.2) is 11.9 Å². The number of aryl methyl sites for hydroxylation is 1. The van der Waals surface area contributed by atoms with Crippen molar-refractivity contribution < 1.29 is 13.9 Å². The number of carbonyl (C=O) groups is 1. The molecule has 0 spiro atoms. The zero-order valence-corrected chi connectivity index (χ0v) is 13.4. The molecule has 1 heterocycles. The first-order valence-corrected chi connectivity index (χ1v) is 7.69. The molecule has 1 N–H and O–H groups in total. The lowest BCUT2D eigenvalue weighted by Gasteiger charge is -2.06. The Hall–Kier alpha value is -2.23. The molecule has 0 saturated heterocycles. The zero-order chi connectivity index (χ0) is 15.9. The van der Waals surface area contributed by atoms with E-state index < -0.39 is 0 Å². The quantitative estimate of drug-likeness (QED) is 0.842. The second-order valence-electron chi connectivity index (χ2n) is 5.58. The van der Waals surface area contributed by atoms with E-state index in [1.165, 1.54) is 5.56 Å². The maximum atomic E-state index is 11.8. The molecule has 0 aliphatic carbocycles. The van der Waals surface area contributed by atoms with Crippen LogP contribution < -0.4 is 10.1 Å². The summed E-state index contributed by atoms with van der Waals surface area (Å²) in [5.74, 6) is 1.53. The lowest BCUT2D eigenvalue weighted by atomic mass is 10.1. The molecule has 0 fully saturated rings. The molecular weight excluding hydrogens is 278 g/mol. The van der Waals surface area contributed by atoms with Gasteiger partial charge in [-0.2, -0.15) is 0 Å². The number of nitrogens with one attached hydrogen (secondary N) is 1. The van der Waals surface area contributed by atoms with Gasteiger partial charge in [0, 0.05) is 6.04 Å². The van der Waals surface area contributed by atoms with Crippen molar-refractivity contribution in [1.29, 1.82) is 0 Å². The molecule has 0 unspecified atom stereocenters. The Morgan fingerprint density at radius 2 is 1.91 bits per heavy atom. The van der Waals surface area contributed by atoms with Crippen molar-refractivity contribution in [3.8, 4) is 5.75 Å². The molecule has 2 rings (SSSR count). The highest BCUT2D eigenvalue weighted by atomic mass is 16.5. The van der Waals surface area contributed by atoms with E-state index in [9.17, 15) is 4.79 Å². The molecule has 118 valence electrons. The number of benzene rings is 1. The van der Waals surface area contributed by atoms with Gasteiger partial charge >= 0.3 is 0 Å². The topological polar surface area (TPSA) is 51.5 Å². The van der Waals surface area contributed by atoms with Crippen LogP contribution in [0.2, 0.25) is 0 Å². The van der Waals surface area contributed by atoms with Crippen LogP contribution in [0.15, 0.2) is 40.8 Å². The molecule has 0 radical (unpaired) electrons. The lowest BCUT2D eigenvalue weighted by Crippen LogP contribution is -2.29. The average molecular weight is 301 g/mol. The smallest absolute Gasteiger partial charge is 0.287 e. The molecule has 0 saturated carbocycles. The van der Waals surface area contributed by atoms with Gasteiger partial charge in [-0.15, -0.1) is 0 Å². The summed E-state index contributed by atoms with van der Waals surface area (Å²) in [5.41, 5.74) is 1.31. The van der Waals surface area contributed by atoms with Crippen LogP contribution in [0.25, 0.3) is 0 Å². The lowest BCUT2D eigenvalue weighted by molar-refractivity contribution is 0.0911. The van der Waals surface area contributed by atoms with Crippen molar-refractivity contribution in [3.63, 3.8) is 0 Å². The van der Waals surface area contributed by atoms with Crippen molar-refractivity contribution in [2.45, 2.75) is 46.3 Å². The van der Waals surface area contributed by atoms with Crippen LogP contribution in [0.1, 0.15) is 49.1 Å². The summed E-state index contributed by atoms with van der Waals surface area (Å²) in [6.45, 7) is 6.29. The predicted octanol–water partition coefficient (Wildman–Crippen LogP) is 3.95. The molecule has 0 aliphatic rings. The monoisotopic (exact) mass is 301 g/mol. The van der Waals surface area contributed by atoms with Gasteiger partial charge in [0.2, 0.25) is 0 Å². The SMILES string of the molecule is CCCc1ccc(OCc2ccc(C(=O)NC(C)C)o2)cc1. The van der Waals surface area contributed by atoms with Crippen LogP contribution in [-0.2, 0) is 13.0 Å². The van der Waals surface area contributed by atoms with E-state index in [0.717, 1.165) is 18.6 Å². The van der Waals surface area contributed by atoms with E-state index in [4.69, 9.17) is 9.15 Å². The van der Waals surface area contributed by atoms with Crippen LogP contribution in [0, 0.1) is 0 Å². The molecule has 0 atom stereocenters. The van der Waals surface area contributed by atoms with E-state index in [2.05, 4.69) is 24.4 Å². The Labute approximate surface area is 131 Å². The van der Waals surface area contributed by atoms with Gasteiger partial charge in [0.25, 0.3) is 5.91 Å². The van der Waals surface area contributed by atoms with E-state index in [0.29, 0.717) is 18.1 Å². The van der Waals surface area contributed by atoms with Crippen molar-refractivity contribution >= 4 is 5.91 Å². The van der Waals surface area contributed by atoms with E-state index in [1.807, 2.05) is 26.0 Å². The minimum atomic E-state index is -0.204. The molecule has 2 aromatic rings. The number of rotatable bonds is 7. The van der Waals surface area contributed by atoms with Gasteiger partial charge in [-0.05, 0) is 50.1 Å². The molecular formula is C18H23NO3. The Kier molecular flexibility index (Phi) is 5.64. The minimum absolute atomic E-state index is 0.0823. The average Bonchev–Trinajstić information content (AvgIpc) is 2.95. The first-order chi connectivity index (χ1) is 10.6. The maximum Gasteiger partial charge on any atom is 0.287 e. The Morgan fingerprint density at radius 3 is 2.55 bits per heavy atom. The number of ether oxygens (including phenoxy) is 1. The number of carbonyl (C=O) groups excluding carboxylic acids is 1. The van der Waals surface area contributed by atoms with Crippen molar-refractivity contribution in [3.05, 3.63) is 53.5 Å². The first kappa shape index (κ1) is 16.1. The second kappa shape index (κ2) is 7.69. The fourth-order valence-electron chi connectivity index (χ4n) is 2.11. The van der Waals surface area contributed by atoms with Gasteiger partial charge in [-0.3, -0.25) is 4.79 Å². The molecule has 1 amide bonds. The van der Waals surface area contributed by atoms with Crippen molar-refractivity contribution in [2.75, 3.05) is 0 Å². The van der Waals surface area contributed by atoms with E-state index in [-0.39, 0.29) is 11.9 Å². The second-order valence-corrected chi connectivity index (χ2v) is 5.58. The molecule has 0 bridgehead atoms. The van der Waals surface area contributed by atoms with E-state index in [1.54, 1.807) is 12.1 Å². The standard InChI is InChI=1S/C18H23NO3/c1-4-5-14-6-8-15(9-7-14)21-12-16-10-11-17(22-16)18(20)19-13(2)3/h6-11,13H,4-5,12H2,1-3H3,(H,19,20). The molecule has 4 nitrogen and oxygen atoms in total. The minimum Gasteiger partial charge on any atom is -0.486 e. The third-order valence-corrected chi connectivity index (χ3v) is 3.15. The summed E-state index contributed by atoms with van der Waals surface area (Å²) in [7, 11) is 0. The highest BCUT2D eigenvalue weighted by molar-refractivity contribution is 5.91. The highest BCUT2D eigenvalue weighted by Crippen LogP contribution is 2.16. The Morgan fingerprint density at radius 1 is 1.18 bits per heavy atom. The third kappa shape index (κ3) is 4.65. The predicted molar refractivity (Wildman–Crippen MR) is 86.1 cm³/mol. The molecule has 1 aromatic carbocycles. The molecule has 22 heavy (non-hydrogen) atoms. The number of amides is 1. The van der Waals surface area contributed by atoms with Crippen LogP contribution in [0.5, 0.6) is 5.75 Å². The van der Waals surface area contributed by atoms with Crippen molar-refractivity contribution in [1.82, 2.24) is 5.32 Å². The molecule has 4 heteroatoms. The van der Waals surface area contributed by atoms with Crippen LogP contribution in [0.4, 0.5) is 0 Å². The van der Waals surface area contributed by atoms with Gasteiger partial charge in [0.05, 0.1) is 0 Å². The number of furan rings is 1. The van der Waals surface area contributed by atoms with Crippen LogP contribution >= 0.6 is 0 Å². The van der Waals surface area contributed by atoms with Gasteiger partial charge in [-0.25, -0.2) is 0 Å². The summed E-state index contributed by atoms with van der Waals surface area (Å²) >= 11 is 0. The molecule has 1 aromatic heterocycles. The summed E-state index contributed by atoms with van der Waals surface area (Å²) in [5, 5.41) is 2.79. The largest absolute Gasteiger partial charge is 0.486 e. The Balaban J connectivity index is 1.89. The number of hydrogen-bond acceptors (Lipinski definition) is 3. The fraction of sp³-hybridized carbons (Fsp3) is 0.389. The number of hydrogen-bond donors (Lipinski definition) is 1. The summed E-state index contributed by atoms with van der Waals surface area (Å²) in [4.78, 5) is 11.8. The third-order valence-electron chi connectivity index (χ3n) is 3.15. The van der Waals surface area contributed by atoms with Gasteiger partial charge in [0.1, 0.15) is 18.1 Å². The summed E-state index contributed by atoms with van der Waals surface area (Å²) in [6, 6.07) is 11.6. The van der Waals surface area contributed by atoms with E-state index >= 15 is 0 Å². The summed E-state index contributed by atoms with van der Waals surface area (Å²) in [6.07, 6.45) is 2.21. The maximum absolute atomic E-state index is 11.8. The fourth-order valence-corrected chi connectivity index (χ4v) is 2.11.